The average Bonchev–Trinajstić information content (AvgIpc) is 2.85. The highest BCUT2D eigenvalue weighted by Gasteiger charge is 2.49. The van der Waals surface area contributed by atoms with E-state index in [0.717, 1.165) is 24.2 Å². The molecule has 2 N–H and O–H groups in total. The van der Waals surface area contributed by atoms with E-state index in [1.54, 1.807) is 31.2 Å². The first-order valence-corrected chi connectivity index (χ1v) is 9.61. The van der Waals surface area contributed by atoms with Gasteiger partial charge >= 0.3 is 6.03 Å². The normalized spacial score (nSPS) is 20.1. The number of nitrogens with one attached hydrogen (secondary N) is 2. The monoisotopic (exact) mass is 384 g/mol. The Balaban J connectivity index is 1.99. The van der Waals surface area contributed by atoms with Crippen LogP contribution in [0.4, 0.5) is 4.79 Å². The van der Waals surface area contributed by atoms with Gasteiger partial charge in [0.1, 0.15) is 12.1 Å². The van der Waals surface area contributed by atoms with Crippen LogP contribution in [-0.4, -0.2) is 35.3 Å². The number of urea groups is 1. The number of nitrogens with zero attached hydrogens (tertiary/aromatic N) is 2. The van der Waals surface area contributed by atoms with Crippen molar-refractivity contribution in [2.24, 2.45) is 5.92 Å². The number of nitriles is 1. The molecule has 150 valence electrons. The highest BCUT2D eigenvalue weighted by molar-refractivity contribution is 6.09. The number of imide groups is 1. The zero-order valence-electron chi connectivity index (χ0n) is 16.9. The van der Waals surface area contributed by atoms with Gasteiger partial charge in [-0.1, -0.05) is 38.8 Å². The SMILES string of the molecule is CC(C)CCCC(C)NC(=O)CN1C(=O)NC(C)(c2ccc(C#N)cc2)C1=O. The van der Waals surface area contributed by atoms with Gasteiger partial charge in [-0.3, -0.25) is 14.5 Å². The molecule has 0 saturated carbocycles. The smallest absolute Gasteiger partial charge is 0.325 e. The summed E-state index contributed by atoms with van der Waals surface area (Å²) in [4.78, 5) is 38.4. The van der Waals surface area contributed by atoms with Crippen LogP contribution in [-0.2, 0) is 15.1 Å². The lowest BCUT2D eigenvalue weighted by Gasteiger charge is -2.22. The first-order chi connectivity index (χ1) is 13.2. The Labute approximate surface area is 166 Å². The summed E-state index contributed by atoms with van der Waals surface area (Å²) < 4.78 is 0. The summed E-state index contributed by atoms with van der Waals surface area (Å²) >= 11 is 0. The van der Waals surface area contributed by atoms with Gasteiger partial charge in [-0.15, -0.1) is 0 Å². The lowest BCUT2D eigenvalue weighted by atomic mass is 9.91. The Morgan fingerprint density at radius 1 is 1.21 bits per heavy atom. The summed E-state index contributed by atoms with van der Waals surface area (Å²) in [7, 11) is 0. The maximum atomic E-state index is 12.9. The molecule has 0 spiro atoms. The summed E-state index contributed by atoms with van der Waals surface area (Å²) in [6.07, 6.45) is 2.96. The lowest BCUT2D eigenvalue weighted by Crippen LogP contribution is -2.45. The third kappa shape index (κ3) is 4.89. The molecule has 0 aliphatic carbocycles. The van der Waals surface area contributed by atoms with E-state index < -0.39 is 17.5 Å². The van der Waals surface area contributed by atoms with E-state index in [4.69, 9.17) is 5.26 Å². The first-order valence-electron chi connectivity index (χ1n) is 9.61. The van der Waals surface area contributed by atoms with E-state index in [0.29, 0.717) is 17.0 Å². The Kier molecular flexibility index (Phi) is 6.79. The second-order valence-electron chi connectivity index (χ2n) is 7.93. The molecule has 1 saturated heterocycles. The molecule has 1 aromatic carbocycles. The number of carbonyl (C=O) groups excluding carboxylic acids is 3. The molecule has 7 nitrogen and oxygen atoms in total. The van der Waals surface area contributed by atoms with Gasteiger partial charge in [-0.25, -0.2) is 4.79 Å². The highest BCUT2D eigenvalue weighted by atomic mass is 16.2. The van der Waals surface area contributed by atoms with Crippen LogP contribution in [0.3, 0.4) is 0 Å². The van der Waals surface area contributed by atoms with Gasteiger partial charge < -0.3 is 10.6 Å². The van der Waals surface area contributed by atoms with E-state index >= 15 is 0 Å². The quantitative estimate of drug-likeness (QED) is 0.673. The van der Waals surface area contributed by atoms with Crippen LogP contribution in [0.1, 0.15) is 58.1 Å². The van der Waals surface area contributed by atoms with Crippen LogP contribution >= 0.6 is 0 Å². The molecule has 0 radical (unpaired) electrons. The highest BCUT2D eigenvalue weighted by Crippen LogP contribution is 2.28. The van der Waals surface area contributed by atoms with Crippen molar-refractivity contribution >= 4 is 17.8 Å². The van der Waals surface area contributed by atoms with Gasteiger partial charge in [0.25, 0.3) is 5.91 Å². The number of benzene rings is 1. The summed E-state index contributed by atoms with van der Waals surface area (Å²) in [6, 6.07) is 7.86. The molecule has 2 rings (SSSR count). The van der Waals surface area contributed by atoms with E-state index in [9.17, 15) is 14.4 Å². The molecular formula is C21H28N4O3. The van der Waals surface area contributed by atoms with Crippen molar-refractivity contribution in [1.29, 1.82) is 5.26 Å². The van der Waals surface area contributed by atoms with Crippen molar-refractivity contribution in [3.05, 3.63) is 35.4 Å². The molecule has 7 heteroatoms. The van der Waals surface area contributed by atoms with Crippen LogP contribution in [0.15, 0.2) is 24.3 Å². The number of hydrogen-bond acceptors (Lipinski definition) is 4. The summed E-state index contributed by atoms with van der Waals surface area (Å²) in [5.41, 5.74) is -0.226. The second-order valence-corrected chi connectivity index (χ2v) is 7.93. The van der Waals surface area contributed by atoms with E-state index in [1.165, 1.54) is 0 Å². The molecule has 2 atom stereocenters. The van der Waals surface area contributed by atoms with Crippen LogP contribution in [0.25, 0.3) is 0 Å². The van der Waals surface area contributed by atoms with Crippen molar-refractivity contribution in [2.75, 3.05) is 6.54 Å². The number of amides is 4. The summed E-state index contributed by atoms with van der Waals surface area (Å²) in [5.74, 6) is -0.219. The third-order valence-electron chi connectivity index (χ3n) is 4.99. The minimum Gasteiger partial charge on any atom is -0.352 e. The second kappa shape index (κ2) is 8.87. The molecule has 28 heavy (non-hydrogen) atoms. The molecular weight excluding hydrogens is 356 g/mol. The Bertz CT molecular complexity index is 782. The molecule has 1 aliphatic heterocycles. The van der Waals surface area contributed by atoms with Crippen LogP contribution < -0.4 is 10.6 Å². The number of carbonyl (C=O) groups is 3. The van der Waals surface area contributed by atoms with Gasteiger partial charge in [-0.05, 0) is 43.9 Å². The predicted octanol–water partition coefficient (Wildman–Crippen LogP) is 2.66. The first kappa shape index (κ1) is 21.4. The number of hydrogen-bond donors (Lipinski definition) is 2. The molecule has 2 unspecified atom stereocenters. The zero-order valence-corrected chi connectivity index (χ0v) is 16.9. The summed E-state index contributed by atoms with van der Waals surface area (Å²) in [6.45, 7) is 7.52. The van der Waals surface area contributed by atoms with Crippen molar-refractivity contribution in [3.63, 3.8) is 0 Å². The maximum Gasteiger partial charge on any atom is 0.325 e. The van der Waals surface area contributed by atoms with Crippen molar-refractivity contribution < 1.29 is 14.4 Å². The Hall–Kier alpha value is -2.88. The van der Waals surface area contributed by atoms with E-state index in [2.05, 4.69) is 24.5 Å². The van der Waals surface area contributed by atoms with Crippen LogP contribution in [0.2, 0.25) is 0 Å². The lowest BCUT2D eigenvalue weighted by molar-refractivity contribution is -0.135. The molecule has 1 fully saturated rings. The largest absolute Gasteiger partial charge is 0.352 e. The molecule has 0 bridgehead atoms. The molecule has 1 heterocycles. The maximum absolute atomic E-state index is 12.9. The zero-order chi connectivity index (χ0) is 20.9. The topological polar surface area (TPSA) is 102 Å². The van der Waals surface area contributed by atoms with Crippen molar-refractivity contribution in [3.8, 4) is 6.07 Å². The van der Waals surface area contributed by atoms with Crippen LogP contribution in [0.5, 0.6) is 0 Å². The predicted molar refractivity (Wildman–Crippen MR) is 105 cm³/mol. The third-order valence-corrected chi connectivity index (χ3v) is 4.99. The van der Waals surface area contributed by atoms with Gasteiger partial charge in [0, 0.05) is 6.04 Å². The van der Waals surface area contributed by atoms with Gasteiger partial charge in [0.05, 0.1) is 11.6 Å². The minimum atomic E-state index is -1.26. The van der Waals surface area contributed by atoms with Crippen molar-refractivity contribution in [1.82, 2.24) is 15.5 Å². The minimum absolute atomic E-state index is 0.0167. The fourth-order valence-electron chi connectivity index (χ4n) is 3.28. The fourth-order valence-corrected chi connectivity index (χ4v) is 3.28. The Morgan fingerprint density at radius 2 is 1.86 bits per heavy atom. The standard InChI is InChI=1S/C21H28N4O3/c1-14(2)6-5-7-15(3)23-18(26)13-25-19(27)21(4,24-20(25)28)17-10-8-16(12-22)9-11-17/h8-11,14-15H,5-7,13H2,1-4H3,(H,23,26)(H,24,28). The van der Waals surface area contributed by atoms with Gasteiger partial charge in [0.2, 0.25) is 5.91 Å². The van der Waals surface area contributed by atoms with Gasteiger partial charge in [0.15, 0.2) is 0 Å². The summed E-state index contributed by atoms with van der Waals surface area (Å²) in [5, 5.41) is 14.4. The fraction of sp³-hybridized carbons (Fsp3) is 0.524. The molecule has 4 amide bonds. The van der Waals surface area contributed by atoms with Crippen molar-refractivity contribution in [2.45, 2.75) is 58.5 Å². The van der Waals surface area contributed by atoms with Gasteiger partial charge in [-0.2, -0.15) is 5.26 Å². The average molecular weight is 384 g/mol. The van der Waals surface area contributed by atoms with E-state index in [1.807, 2.05) is 13.0 Å². The van der Waals surface area contributed by atoms with Crippen LogP contribution in [0, 0.1) is 17.2 Å². The number of rotatable bonds is 8. The molecule has 1 aliphatic rings. The Morgan fingerprint density at radius 3 is 2.43 bits per heavy atom. The molecule has 1 aromatic rings. The van der Waals surface area contributed by atoms with E-state index in [-0.39, 0.29) is 18.5 Å². The molecule has 0 aromatic heterocycles.